The lowest BCUT2D eigenvalue weighted by Gasteiger charge is -2.27. The highest BCUT2D eigenvalue weighted by Crippen LogP contribution is 2.38. The van der Waals surface area contributed by atoms with Gasteiger partial charge in [0.1, 0.15) is 0 Å². The highest BCUT2D eigenvalue weighted by Gasteiger charge is 2.35. The SMILES string of the molecule is CC(C)[C@@H]1c2ncc(C(=O)NCc3ccc(S(C)(=O)=O)cn3)cc2CN1Cc1ccc(C(F)(F)F)cn1. The average molecular weight is 534 g/mol. The molecule has 0 spiro atoms. The van der Waals surface area contributed by atoms with Crippen LogP contribution >= 0.6 is 0 Å². The van der Waals surface area contributed by atoms with Gasteiger partial charge >= 0.3 is 6.18 Å². The molecule has 1 atom stereocenters. The number of nitrogens with one attached hydrogen (secondary N) is 1. The number of carbonyl (C=O) groups excluding carboxylic acids is 1. The van der Waals surface area contributed by atoms with Gasteiger partial charge in [-0.05, 0) is 41.8 Å². The van der Waals surface area contributed by atoms with Gasteiger partial charge in [0.2, 0.25) is 0 Å². The van der Waals surface area contributed by atoms with Gasteiger partial charge in [0.15, 0.2) is 9.84 Å². The Morgan fingerprint density at radius 3 is 2.35 bits per heavy atom. The van der Waals surface area contributed by atoms with Crippen molar-refractivity contribution in [2.75, 3.05) is 6.26 Å². The van der Waals surface area contributed by atoms with Crippen LogP contribution in [0.15, 0.2) is 53.8 Å². The molecule has 0 saturated heterocycles. The number of aromatic nitrogens is 3. The highest BCUT2D eigenvalue weighted by atomic mass is 32.2. The van der Waals surface area contributed by atoms with Gasteiger partial charge in [0.25, 0.3) is 5.91 Å². The van der Waals surface area contributed by atoms with E-state index in [0.717, 1.165) is 29.8 Å². The molecule has 0 fully saturated rings. The van der Waals surface area contributed by atoms with E-state index in [1.54, 1.807) is 6.07 Å². The van der Waals surface area contributed by atoms with Crippen LogP contribution in [0.2, 0.25) is 0 Å². The minimum absolute atomic E-state index is 0.0752. The normalized spacial score (nSPS) is 16.1. The molecule has 1 aliphatic heterocycles. The largest absolute Gasteiger partial charge is 0.417 e. The molecule has 12 heteroatoms. The molecule has 4 rings (SSSR count). The Labute approximate surface area is 212 Å². The molecule has 0 unspecified atom stereocenters. The zero-order valence-corrected chi connectivity index (χ0v) is 21.3. The van der Waals surface area contributed by atoms with Crippen molar-refractivity contribution in [2.24, 2.45) is 5.92 Å². The summed E-state index contributed by atoms with van der Waals surface area (Å²) < 4.78 is 61.7. The molecule has 3 aromatic rings. The van der Waals surface area contributed by atoms with Crippen molar-refractivity contribution in [2.45, 2.75) is 50.6 Å². The Kier molecular flexibility index (Phi) is 7.33. The fourth-order valence-electron chi connectivity index (χ4n) is 4.32. The lowest BCUT2D eigenvalue weighted by Crippen LogP contribution is -2.26. The lowest BCUT2D eigenvalue weighted by atomic mass is 9.99. The second-order valence-corrected chi connectivity index (χ2v) is 11.4. The van der Waals surface area contributed by atoms with Gasteiger partial charge < -0.3 is 5.32 Å². The first-order chi connectivity index (χ1) is 17.3. The third kappa shape index (κ3) is 6.13. The third-order valence-electron chi connectivity index (χ3n) is 6.12. The van der Waals surface area contributed by atoms with Crippen LogP contribution < -0.4 is 5.32 Å². The monoisotopic (exact) mass is 533 g/mol. The molecule has 1 aliphatic rings. The summed E-state index contributed by atoms with van der Waals surface area (Å²) in [4.78, 5) is 27.6. The number of nitrogens with zero attached hydrogens (tertiary/aromatic N) is 4. The molecule has 0 aromatic carbocycles. The smallest absolute Gasteiger partial charge is 0.346 e. The second-order valence-electron chi connectivity index (χ2n) is 9.34. The number of hydrogen-bond acceptors (Lipinski definition) is 7. The summed E-state index contributed by atoms with van der Waals surface area (Å²) >= 11 is 0. The second kappa shape index (κ2) is 10.2. The van der Waals surface area contributed by atoms with Crippen LogP contribution in [0.5, 0.6) is 0 Å². The molecule has 8 nitrogen and oxygen atoms in total. The fourth-order valence-corrected chi connectivity index (χ4v) is 4.88. The van der Waals surface area contributed by atoms with Crippen LogP contribution in [0.3, 0.4) is 0 Å². The first kappa shape index (κ1) is 26.7. The summed E-state index contributed by atoms with van der Waals surface area (Å²) in [5.41, 5.74) is 2.29. The molecule has 0 bridgehead atoms. The van der Waals surface area contributed by atoms with Crippen molar-refractivity contribution in [1.29, 1.82) is 0 Å². The topological polar surface area (TPSA) is 105 Å². The zero-order chi connectivity index (χ0) is 27.0. The highest BCUT2D eigenvalue weighted by molar-refractivity contribution is 7.90. The molecule has 1 amide bonds. The Balaban J connectivity index is 1.45. The van der Waals surface area contributed by atoms with E-state index in [2.05, 4.69) is 25.2 Å². The first-order valence-electron chi connectivity index (χ1n) is 11.5. The number of amides is 1. The van der Waals surface area contributed by atoms with Crippen molar-refractivity contribution in [1.82, 2.24) is 25.2 Å². The summed E-state index contributed by atoms with van der Waals surface area (Å²) in [6.45, 7) is 5.01. The molecule has 4 heterocycles. The minimum Gasteiger partial charge on any atom is -0.346 e. The maximum atomic E-state index is 12.9. The zero-order valence-electron chi connectivity index (χ0n) is 20.5. The molecule has 3 aromatic heterocycles. The molecule has 0 aliphatic carbocycles. The molecule has 37 heavy (non-hydrogen) atoms. The molecular formula is C25H26F3N5O3S. The van der Waals surface area contributed by atoms with E-state index in [0.29, 0.717) is 30.0 Å². The Hall–Kier alpha value is -3.38. The molecule has 196 valence electrons. The Morgan fingerprint density at radius 1 is 1.08 bits per heavy atom. The van der Waals surface area contributed by atoms with Gasteiger partial charge in [-0.1, -0.05) is 13.8 Å². The van der Waals surface area contributed by atoms with Crippen molar-refractivity contribution in [3.63, 3.8) is 0 Å². The number of halogens is 3. The number of carbonyl (C=O) groups is 1. The van der Waals surface area contributed by atoms with Crippen LogP contribution in [0.25, 0.3) is 0 Å². The predicted octanol–water partition coefficient (Wildman–Crippen LogP) is 3.94. The average Bonchev–Trinajstić information content (AvgIpc) is 3.19. The summed E-state index contributed by atoms with van der Waals surface area (Å²) in [5.74, 6) is -0.183. The number of pyridine rings is 3. The van der Waals surface area contributed by atoms with Crippen molar-refractivity contribution >= 4 is 15.7 Å². The van der Waals surface area contributed by atoms with E-state index >= 15 is 0 Å². The van der Waals surface area contributed by atoms with E-state index in [1.807, 2.05) is 13.8 Å². The number of hydrogen-bond donors (Lipinski definition) is 1. The maximum absolute atomic E-state index is 12.9. The van der Waals surface area contributed by atoms with Gasteiger partial charge in [-0.25, -0.2) is 8.42 Å². The van der Waals surface area contributed by atoms with E-state index in [9.17, 15) is 26.4 Å². The summed E-state index contributed by atoms with van der Waals surface area (Å²) in [6, 6.07) is 7.08. The van der Waals surface area contributed by atoms with Gasteiger partial charge in [-0.2, -0.15) is 13.2 Å². The van der Waals surface area contributed by atoms with E-state index in [4.69, 9.17) is 0 Å². The lowest BCUT2D eigenvalue weighted by molar-refractivity contribution is -0.137. The van der Waals surface area contributed by atoms with Crippen LogP contribution in [-0.4, -0.2) is 40.4 Å². The summed E-state index contributed by atoms with van der Waals surface area (Å²) in [6.07, 6.45) is 0.251. The quantitative estimate of drug-likeness (QED) is 0.491. The van der Waals surface area contributed by atoms with E-state index in [-0.39, 0.29) is 29.3 Å². The van der Waals surface area contributed by atoms with Crippen LogP contribution in [-0.2, 0) is 35.6 Å². The number of fused-ring (bicyclic) bond motifs is 1. The van der Waals surface area contributed by atoms with Gasteiger partial charge in [-0.3, -0.25) is 24.6 Å². The molecule has 0 radical (unpaired) electrons. The standard InChI is InChI=1S/C25H26F3N5O3S/c1-15(2)23-22-17(13-33(23)14-20-5-4-18(10-29-20)25(26,27)28)8-16(9-31-22)24(34)32-11-19-6-7-21(12-30-19)37(3,35)36/h4-10,12,15,23H,11,13-14H2,1-3H3,(H,32,34)/t23-/m1/s1. The van der Waals surface area contributed by atoms with Crippen LogP contribution in [0.1, 0.15) is 58.5 Å². The first-order valence-corrected chi connectivity index (χ1v) is 13.4. The van der Waals surface area contributed by atoms with Crippen molar-refractivity contribution in [3.8, 4) is 0 Å². The Bertz CT molecular complexity index is 1390. The number of rotatable bonds is 7. The van der Waals surface area contributed by atoms with Crippen molar-refractivity contribution < 1.29 is 26.4 Å². The van der Waals surface area contributed by atoms with E-state index in [1.165, 1.54) is 30.6 Å². The molecular weight excluding hydrogens is 507 g/mol. The fraction of sp³-hybridized carbons (Fsp3) is 0.360. The molecule has 0 saturated carbocycles. The van der Waals surface area contributed by atoms with Crippen LogP contribution in [0, 0.1) is 5.92 Å². The minimum atomic E-state index is -4.44. The summed E-state index contributed by atoms with van der Waals surface area (Å²) in [5, 5.41) is 2.76. The number of sulfone groups is 1. The van der Waals surface area contributed by atoms with Gasteiger partial charge in [0.05, 0.1) is 45.7 Å². The summed E-state index contributed by atoms with van der Waals surface area (Å²) in [7, 11) is -3.35. The Morgan fingerprint density at radius 2 is 1.78 bits per heavy atom. The van der Waals surface area contributed by atoms with Gasteiger partial charge in [-0.15, -0.1) is 0 Å². The van der Waals surface area contributed by atoms with Crippen LogP contribution in [0.4, 0.5) is 13.2 Å². The maximum Gasteiger partial charge on any atom is 0.417 e. The third-order valence-corrected chi connectivity index (χ3v) is 7.21. The molecule has 1 N–H and O–H groups in total. The predicted molar refractivity (Wildman–Crippen MR) is 129 cm³/mol. The number of alkyl halides is 3. The van der Waals surface area contributed by atoms with E-state index < -0.39 is 21.6 Å². The van der Waals surface area contributed by atoms with Gasteiger partial charge in [0, 0.05) is 37.9 Å². The van der Waals surface area contributed by atoms with Crippen molar-refractivity contribution in [3.05, 3.63) is 82.7 Å².